The Hall–Kier alpha value is -3.94. The SMILES string of the molecule is O=C(OCC(=O)N1c2ccccc2Sc2ccccc21)c1ccccc1-c1nc2ccccc2s1. The number of ether oxygens (including phenoxy) is 1. The molecule has 1 aliphatic heterocycles. The summed E-state index contributed by atoms with van der Waals surface area (Å²) < 4.78 is 6.59. The van der Waals surface area contributed by atoms with Crippen LogP contribution in [0.1, 0.15) is 10.4 Å². The fourth-order valence-corrected chi connectivity index (χ4v) is 6.14. The lowest BCUT2D eigenvalue weighted by Crippen LogP contribution is -2.32. The van der Waals surface area contributed by atoms with Gasteiger partial charge in [-0.1, -0.05) is 66.4 Å². The van der Waals surface area contributed by atoms with Gasteiger partial charge in [0.05, 0.1) is 27.2 Å². The number of hydrogen-bond donors (Lipinski definition) is 0. The summed E-state index contributed by atoms with van der Waals surface area (Å²) in [6.07, 6.45) is 0. The second kappa shape index (κ2) is 9.02. The largest absolute Gasteiger partial charge is 0.452 e. The number of para-hydroxylation sites is 3. The molecule has 1 aromatic heterocycles. The van der Waals surface area contributed by atoms with Gasteiger partial charge < -0.3 is 4.74 Å². The van der Waals surface area contributed by atoms with Crippen molar-refractivity contribution in [2.75, 3.05) is 11.5 Å². The van der Waals surface area contributed by atoms with Gasteiger partial charge in [0.1, 0.15) is 5.01 Å². The Kier molecular flexibility index (Phi) is 5.56. The number of aromatic nitrogens is 1. The van der Waals surface area contributed by atoms with Crippen molar-refractivity contribution >= 4 is 56.6 Å². The molecule has 0 radical (unpaired) electrons. The molecule has 0 saturated heterocycles. The molecule has 1 aliphatic rings. The van der Waals surface area contributed by atoms with Crippen LogP contribution in [0.4, 0.5) is 11.4 Å². The third-order valence-electron chi connectivity index (χ3n) is 5.68. The molecule has 170 valence electrons. The number of fused-ring (bicyclic) bond motifs is 3. The standard InChI is InChI=1S/C28H18N2O3S2/c31-26(30-21-12-4-7-15-24(21)34-25-16-8-5-13-22(25)30)17-33-28(32)19-10-2-1-9-18(19)27-29-20-11-3-6-14-23(20)35-27/h1-16H,17H2. The molecule has 6 rings (SSSR count). The summed E-state index contributed by atoms with van der Waals surface area (Å²) >= 11 is 3.14. The van der Waals surface area contributed by atoms with Gasteiger partial charge in [0.2, 0.25) is 0 Å². The van der Waals surface area contributed by atoms with Gasteiger partial charge in [-0.3, -0.25) is 9.69 Å². The maximum absolute atomic E-state index is 13.4. The van der Waals surface area contributed by atoms with E-state index in [2.05, 4.69) is 4.98 Å². The second-order valence-electron chi connectivity index (χ2n) is 7.88. The minimum atomic E-state index is -0.554. The highest BCUT2D eigenvalue weighted by molar-refractivity contribution is 7.99. The highest BCUT2D eigenvalue weighted by Gasteiger charge is 2.29. The second-order valence-corrected chi connectivity index (χ2v) is 9.99. The molecule has 1 amide bonds. The van der Waals surface area contributed by atoms with Gasteiger partial charge in [-0.05, 0) is 42.5 Å². The molecule has 0 bridgehead atoms. The minimum Gasteiger partial charge on any atom is -0.452 e. The van der Waals surface area contributed by atoms with Crippen LogP contribution in [0, 0.1) is 0 Å². The lowest BCUT2D eigenvalue weighted by molar-refractivity contribution is -0.121. The Morgan fingerprint density at radius 2 is 1.40 bits per heavy atom. The first-order chi connectivity index (χ1) is 17.2. The average Bonchev–Trinajstić information content (AvgIpc) is 3.34. The molecule has 5 aromatic rings. The summed E-state index contributed by atoms with van der Waals surface area (Å²) in [6, 6.07) is 30.5. The number of rotatable bonds is 4. The maximum Gasteiger partial charge on any atom is 0.339 e. The van der Waals surface area contributed by atoms with Gasteiger partial charge in [-0.2, -0.15) is 0 Å². The predicted octanol–water partition coefficient (Wildman–Crippen LogP) is 6.95. The zero-order valence-electron chi connectivity index (χ0n) is 18.4. The van der Waals surface area contributed by atoms with Gasteiger partial charge in [-0.15, -0.1) is 11.3 Å². The number of thiazole rings is 1. The Morgan fingerprint density at radius 1 is 0.771 bits per heavy atom. The van der Waals surface area contributed by atoms with E-state index < -0.39 is 5.97 Å². The van der Waals surface area contributed by atoms with Crippen molar-refractivity contribution in [1.82, 2.24) is 4.98 Å². The van der Waals surface area contributed by atoms with Gasteiger partial charge in [0.15, 0.2) is 6.61 Å². The maximum atomic E-state index is 13.4. The number of amides is 1. The molecular weight excluding hydrogens is 476 g/mol. The molecule has 4 aromatic carbocycles. The number of anilines is 2. The smallest absolute Gasteiger partial charge is 0.339 e. The first-order valence-electron chi connectivity index (χ1n) is 11.0. The van der Waals surface area contributed by atoms with E-state index in [0.29, 0.717) is 11.1 Å². The summed E-state index contributed by atoms with van der Waals surface area (Å²) in [7, 11) is 0. The van der Waals surface area contributed by atoms with Crippen LogP contribution in [-0.4, -0.2) is 23.5 Å². The first-order valence-corrected chi connectivity index (χ1v) is 12.6. The van der Waals surface area contributed by atoms with Gasteiger partial charge >= 0.3 is 5.97 Å². The van der Waals surface area contributed by atoms with Gasteiger partial charge in [-0.25, -0.2) is 9.78 Å². The summed E-state index contributed by atoms with van der Waals surface area (Å²) in [5.74, 6) is -0.864. The lowest BCUT2D eigenvalue weighted by Gasteiger charge is -2.30. The van der Waals surface area contributed by atoms with E-state index in [9.17, 15) is 9.59 Å². The van der Waals surface area contributed by atoms with Crippen LogP contribution < -0.4 is 4.90 Å². The predicted molar refractivity (Wildman–Crippen MR) is 139 cm³/mol. The third kappa shape index (κ3) is 3.99. The first kappa shape index (κ1) is 21.6. The molecule has 0 saturated carbocycles. The normalized spacial score (nSPS) is 12.2. The van der Waals surface area contributed by atoms with Crippen LogP contribution >= 0.6 is 23.1 Å². The highest BCUT2D eigenvalue weighted by atomic mass is 32.2. The summed E-state index contributed by atoms with van der Waals surface area (Å²) in [6.45, 7) is -0.375. The van der Waals surface area contributed by atoms with Crippen molar-refractivity contribution in [2.45, 2.75) is 9.79 Å². The van der Waals surface area contributed by atoms with Crippen LogP contribution in [0.25, 0.3) is 20.8 Å². The van der Waals surface area contributed by atoms with Crippen LogP contribution in [0.5, 0.6) is 0 Å². The molecule has 2 heterocycles. The van der Waals surface area contributed by atoms with Crippen molar-refractivity contribution in [3.63, 3.8) is 0 Å². The molecule has 0 atom stereocenters. The van der Waals surface area contributed by atoms with E-state index in [1.54, 1.807) is 28.8 Å². The topological polar surface area (TPSA) is 59.5 Å². The Labute approximate surface area is 210 Å². The van der Waals surface area contributed by atoms with E-state index in [1.807, 2.05) is 84.9 Å². The number of nitrogens with zero attached hydrogens (tertiary/aromatic N) is 2. The van der Waals surface area contributed by atoms with E-state index >= 15 is 0 Å². The number of hydrogen-bond acceptors (Lipinski definition) is 6. The van der Waals surface area contributed by atoms with Crippen molar-refractivity contribution in [1.29, 1.82) is 0 Å². The fourth-order valence-electron chi connectivity index (χ4n) is 4.08. The van der Waals surface area contributed by atoms with Crippen LogP contribution in [-0.2, 0) is 9.53 Å². The summed E-state index contributed by atoms with van der Waals surface area (Å²) in [5.41, 5.74) is 3.52. The monoisotopic (exact) mass is 494 g/mol. The quantitative estimate of drug-likeness (QED) is 0.253. The van der Waals surface area contributed by atoms with Crippen molar-refractivity contribution < 1.29 is 14.3 Å². The third-order valence-corrected chi connectivity index (χ3v) is 7.88. The number of esters is 1. The Balaban J connectivity index is 1.27. The molecule has 0 N–H and O–H groups in total. The van der Waals surface area contributed by atoms with Crippen molar-refractivity contribution in [3.05, 3.63) is 103 Å². The number of benzene rings is 4. The molecule has 0 unspecified atom stereocenters. The minimum absolute atomic E-state index is 0.309. The molecular formula is C28H18N2O3S2. The molecule has 0 fully saturated rings. The Morgan fingerprint density at radius 3 is 2.14 bits per heavy atom. The van der Waals surface area contributed by atoms with Crippen LogP contribution in [0.15, 0.2) is 107 Å². The van der Waals surface area contributed by atoms with Crippen LogP contribution in [0.2, 0.25) is 0 Å². The summed E-state index contributed by atoms with van der Waals surface area (Å²) in [5, 5.41) is 0.737. The van der Waals surface area contributed by atoms with Gasteiger partial charge in [0.25, 0.3) is 5.91 Å². The Bertz CT molecular complexity index is 1520. The lowest BCUT2D eigenvalue weighted by atomic mass is 10.1. The van der Waals surface area contributed by atoms with Crippen LogP contribution in [0.3, 0.4) is 0 Å². The number of carbonyl (C=O) groups is 2. The molecule has 7 heteroatoms. The molecule has 35 heavy (non-hydrogen) atoms. The van der Waals surface area contributed by atoms with E-state index in [0.717, 1.165) is 36.4 Å². The van der Waals surface area contributed by atoms with Gasteiger partial charge in [0, 0.05) is 15.4 Å². The fraction of sp³-hybridized carbons (Fsp3) is 0.0357. The average molecular weight is 495 g/mol. The van der Waals surface area contributed by atoms with Crippen molar-refractivity contribution in [3.8, 4) is 10.6 Å². The van der Waals surface area contributed by atoms with E-state index in [4.69, 9.17) is 4.74 Å². The number of carbonyl (C=O) groups excluding carboxylic acids is 2. The molecule has 0 aliphatic carbocycles. The van der Waals surface area contributed by atoms with E-state index in [-0.39, 0.29) is 12.5 Å². The van der Waals surface area contributed by atoms with E-state index in [1.165, 1.54) is 11.3 Å². The summed E-state index contributed by atoms with van der Waals surface area (Å²) in [4.78, 5) is 34.7. The zero-order chi connectivity index (χ0) is 23.8. The molecule has 5 nitrogen and oxygen atoms in total. The zero-order valence-corrected chi connectivity index (χ0v) is 20.0. The molecule has 0 spiro atoms. The highest BCUT2D eigenvalue weighted by Crippen LogP contribution is 2.47. The van der Waals surface area contributed by atoms with Crippen molar-refractivity contribution in [2.24, 2.45) is 0 Å².